The zero-order chi connectivity index (χ0) is 27.9. The third kappa shape index (κ3) is 8.11. The van der Waals surface area contributed by atoms with Crippen LogP contribution in [0.25, 0.3) is 0 Å². The van der Waals surface area contributed by atoms with Crippen molar-refractivity contribution in [1.29, 1.82) is 0 Å². The molecule has 1 heterocycles. The van der Waals surface area contributed by atoms with Crippen molar-refractivity contribution in [3.8, 4) is 11.5 Å². The summed E-state index contributed by atoms with van der Waals surface area (Å²) in [7, 11) is -2.95. The predicted molar refractivity (Wildman–Crippen MR) is 131 cm³/mol. The van der Waals surface area contributed by atoms with Crippen molar-refractivity contribution >= 4 is 19.6 Å². The molecule has 0 aliphatic carbocycles. The number of amides is 1. The Hall–Kier alpha value is -2.25. The highest BCUT2D eigenvalue weighted by Gasteiger charge is 2.47. The number of carbonyl (C=O) groups excluding carboxylic acids is 1. The Bertz CT molecular complexity index is 945. The van der Waals surface area contributed by atoms with Crippen LogP contribution in [0.5, 0.6) is 11.5 Å². The fraction of sp³-hybridized carbons (Fsp3) is 0.652. The van der Waals surface area contributed by atoms with Gasteiger partial charge in [-0.05, 0) is 36.6 Å². The second-order valence-electron chi connectivity index (χ2n) is 9.04. The molecule has 0 saturated carbocycles. The number of methoxy groups -OCH3 is 1. The lowest BCUT2D eigenvalue weighted by Crippen LogP contribution is -2.64. The molecule has 1 aliphatic heterocycles. The Morgan fingerprint density at radius 2 is 1.73 bits per heavy atom. The fourth-order valence-corrected chi connectivity index (χ4v) is 5.84. The second-order valence-corrected chi connectivity index (χ2v) is 10.9. The highest BCUT2D eigenvalue weighted by Crippen LogP contribution is 2.54. The molecular weight excluding hydrogens is 511 g/mol. The van der Waals surface area contributed by atoms with Gasteiger partial charge >= 0.3 is 13.7 Å². The van der Waals surface area contributed by atoms with Gasteiger partial charge in [0.15, 0.2) is 6.29 Å². The lowest BCUT2D eigenvalue weighted by atomic mass is 9.97. The maximum atomic E-state index is 14.2. The van der Waals surface area contributed by atoms with Crippen molar-refractivity contribution in [1.82, 2.24) is 9.99 Å². The standard InChI is InChI=1S/C23H37N2O11P/c1-6-25(17(22(29)30)11-13(2)3)37(32,36-16-9-7-15(33-5)8-10-16)34-12-18-20(27)21(28)19(23(31)35-18)24-14(4)26/h7-10,13,17-21,23,27-28,31H,6,11-12H2,1-5H3,(H,24,26)(H,29,30)/t17-,18+,19-,20+,21+,23-,37?/m0/s1. The van der Waals surface area contributed by atoms with Gasteiger partial charge in [-0.25, -0.2) is 4.57 Å². The topological polar surface area (TPSA) is 184 Å². The monoisotopic (exact) mass is 548 g/mol. The van der Waals surface area contributed by atoms with Gasteiger partial charge in [0.05, 0.1) is 13.7 Å². The first-order valence-electron chi connectivity index (χ1n) is 11.9. The number of hydrogen-bond acceptors (Lipinski definition) is 10. The highest BCUT2D eigenvalue weighted by atomic mass is 31.2. The maximum Gasteiger partial charge on any atom is 0.462 e. The molecule has 37 heavy (non-hydrogen) atoms. The molecule has 210 valence electrons. The van der Waals surface area contributed by atoms with Crippen LogP contribution in [0.4, 0.5) is 0 Å². The van der Waals surface area contributed by atoms with E-state index in [-0.39, 0.29) is 24.6 Å². The normalized spacial score (nSPS) is 26.4. The molecule has 0 spiro atoms. The van der Waals surface area contributed by atoms with Gasteiger partial charge in [0.25, 0.3) is 0 Å². The number of aliphatic hydroxyl groups is 3. The molecule has 0 radical (unpaired) electrons. The van der Waals surface area contributed by atoms with E-state index in [1.165, 1.54) is 26.2 Å². The van der Waals surface area contributed by atoms with E-state index in [1.54, 1.807) is 19.1 Å². The van der Waals surface area contributed by atoms with Gasteiger partial charge in [0, 0.05) is 13.5 Å². The second kappa shape index (κ2) is 13.5. The smallest absolute Gasteiger partial charge is 0.462 e. The van der Waals surface area contributed by atoms with Gasteiger partial charge in [-0.1, -0.05) is 20.8 Å². The molecule has 1 aliphatic rings. The molecule has 2 rings (SSSR count). The Morgan fingerprint density at radius 3 is 2.22 bits per heavy atom. The van der Waals surface area contributed by atoms with Crippen LogP contribution in [0.3, 0.4) is 0 Å². The summed E-state index contributed by atoms with van der Waals surface area (Å²) in [5.74, 6) is -1.24. The van der Waals surface area contributed by atoms with Gasteiger partial charge < -0.3 is 39.7 Å². The van der Waals surface area contributed by atoms with E-state index in [9.17, 15) is 34.6 Å². The van der Waals surface area contributed by atoms with Crippen LogP contribution < -0.4 is 14.6 Å². The lowest BCUT2D eigenvalue weighted by molar-refractivity contribution is -0.252. The highest BCUT2D eigenvalue weighted by molar-refractivity contribution is 7.51. The van der Waals surface area contributed by atoms with Crippen molar-refractivity contribution in [3.05, 3.63) is 24.3 Å². The average molecular weight is 549 g/mol. The van der Waals surface area contributed by atoms with E-state index in [4.69, 9.17) is 18.5 Å². The van der Waals surface area contributed by atoms with Crippen LogP contribution in [0.1, 0.15) is 34.1 Å². The summed E-state index contributed by atoms with van der Waals surface area (Å²) in [6, 6.07) is 3.52. The first-order chi connectivity index (χ1) is 17.3. The summed E-state index contributed by atoms with van der Waals surface area (Å²) < 4.78 is 37.1. The van der Waals surface area contributed by atoms with Crippen LogP contribution in [-0.2, 0) is 23.4 Å². The average Bonchev–Trinajstić information content (AvgIpc) is 2.83. The number of likely N-dealkylation sites (N-methyl/N-ethyl adjacent to an activating group) is 1. The predicted octanol–water partition coefficient (Wildman–Crippen LogP) is 0.964. The van der Waals surface area contributed by atoms with Crippen molar-refractivity contribution in [2.24, 2.45) is 5.92 Å². The third-order valence-corrected chi connectivity index (χ3v) is 7.86. The summed E-state index contributed by atoms with van der Waals surface area (Å²) in [5.41, 5.74) is 0. The van der Waals surface area contributed by atoms with Crippen molar-refractivity contribution < 1.29 is 53.1 Å². The number of carboxylic acid groups (broad SMARTS) is 1. The number of carbonyl (C=O) groups is 2. The molecule has 1 amide bonds. The van der Waals surface area contributed by atoms with Crippen LogP contribution in [-0.4, -0.2) is 93.9 Å². The summed E-state index contributed by atoms with van der Waals surface area (Å²) in [6.45, 7) is 5.74. The number of carboxylic acids is 1. The van der Waals surface area contributed by atoms with E-state index >= 15 is 0 Å². The molecule has 1 fully saturated rings. The molecule has 0 bridgehead atoms. The number of aliphatic hydroxyl groups excluding tert-OH is 3. The summed E-state index contributed by atoms with van der Waals surface area (Å²) >= 11 is 0. The largest absolute Gasteiger partial charge is 0.497 e. The summed E-state index contributed by atoms with van der Waals surface area (Å²) in [6.07, 6.45) is -6.21. The maximum absolute atomic E-state index is 14.2. The molecular formula is C23H37N2O11P. The number of rotatable bonds is 13. The minimum absolute atomic E-state index is 0.0267. The van der Waals surface area contributed by atoms with E-state index < -0.39 is 62.9 Å². The minimum atomic E-state index is -4.42. The summed E-state index contributed by atoms with van der Waals surface area (Å²) in [5, 5.41) is 43.4. The SMILES string of the molecule is CCN([C@@H](CC(C)C)C(=O)O)P(=O)(OC[C@H]1O[C@H](O)[C@@H](NC(C)=O)[C@@H](O)[C@@H]1O)Oc1ccc(OC)cc1. The Morgan fingerprint density at radius 1 is 1.14 bits per heavy atom. The molecule has 1 saturated heterocycles. The molecule has 5 N–H and O–H groups in total. The molecule has 0 aromatic heterocycles. The van der Waals surface area contributed by atoms with E-state index in [1.807, 2.05) is 13.8 Å². The van der Waals surface area contributed by atoms with E-state index in [2.05, 4.69) is 5.32 Å². The molecule has 1 aromatic rings. The van der Waals surface area contributed by atoms with Crippen LogP contribution in [0.2, 0.25) is 0 Å². The van der Waals surface area contributed by atoms with Gasteiger partial charge in [0.1, 0.15) is 41.9 Å². The molecule has 7 atom stereocenters. The molecule has 1 unspecified atom stereocenters. The van der Waals surface area contributed by atoms with Crippen LogP contribution in [0.15, 0.2) is 24.3 Å². The van der Waals surface area contributed by atoms with Gasteiger partial charge in [-0.3, -0.25) is 14.1 Å². The minimum Gasteiger partial charge on any atom is -0.497 e. The fourth-order valence-electron chi connectivity index (χ4n) is 3.93. The van der Waals surface area contributed by atoms with Crippen molar-refractivity contribution in [2.75, 3.05) is 20.3 Å². The van der Waals surface area contributed by atoms with Crippen LogP contribution in [0, 0.1) is 5.92 Å². The van der Waals surface area contributed by atoms with Gasteiger partial charge in [-0.2, -0.15) is 4.67 Å². The number of aliphatic carboxylic acids is 1. The van der Waals surface area contributed by atoms with Gasteiger partial charge in [-0.15, -0.1) is 0 Å². The number of hydrogen-bond donors (Lipinski definition) is 5. The Kier molecular flexibility index (Phi) is 11.3. The number of nitrogens with zero attached hydrogens (tertiary/aromatic N) is 1. The number of ether oxygens (including phenoxy) is 2. The number of benzene rings is 1. The van der Waals surface area contributed by atoms with Crippen molar-refractivity contribution in [2.45, 2.75) is 70.8 Å². The first-order valence-corrected chi connectivity index (χ1v) is 13.4. The van der Waals surface area contributed by atoms with E-state index in [0.29, 0.717) is 5.75 Å². The molecule has 14 heteroatoms. The lowest BCUT2D eigenvalue weighted by Gasteiger charge is -2.41. The zero-order valence-corrected chi connectivity index (χ0v) is 22.4. The Labute approximate surface area is 215 Å². The van der Waals surface area contributed by atoms with E-state index in [0.717, 1.165) is 4.67 Å². The summed E-state index contributed by atoms with van der Waals surface area (Å²) in [4.78, 5) is 23.5. The number of nitrogens with one attached hydrogen (secondary N) is 1. The quantitative estimate of drug-likeness (QED) is 0.220. The molecule has 13 nitrogen and oxygen atoms in total. The van der Waals surface area contributed by atoms with Crippen molar-refractivity contribution in [3.63, 3.8) is 0 Å². The van der Waals surface area contributed by atoms with Crippen LogP contribution >= 0.6 is 7.75 Å². The zero-order valence-electron chi connectivity index (χ0n) is 21.5. The third-order valence-electron chi connectivity index (χ3n) is 5.75. The Balaban J connectivity index is 2.35. The van der Waals surface area contributed by atoms with Gasteiger partial charge in [0.2, 0.25) is 5.91 Å². The molecule has 1 aromatic carbocycles. The first kappa shape index (κ1) is 31.0.